The maximum Gasteiger partial charge on any atom is 0.0708 e. The van der Waals surface area contributed by atoms with Gasteiger partial charge >= 0.3 is 0 Å². The summed E-state index contributed by atoms with van der Waals surface area (Å²) < 4.78 is 0. The molecule has 1 aromatic carbocycles. The minimum absolute atomic E-state index is 0.134. The maximum atomic E-state index is 4.53. The lowest BCUT2D eigenvalue weighted by Crippen LogP contribution is -2.10. The summed E-state index contributed by atoms with van der Waals surface area (Å²) in [6.45, 7) is 6.68. The molecule has 0 saturated carbocycles. The van der Waals surface area contributed by atoms with Crippen molar-refractivity contribution in [2.24, 2.45) is 0 Å². The third-order valence-corrected chi connectivity index (χ3v) is 3.74. The molecule has 2 aromatic heterocycles. The van der Waals surface area contributed by atoms with Gasteiger partial charge in [0.25, 0.3) is 0 Å². The standard InChI is InChI=1S/C20H20N2/c1-20(2,3)17-8-6-7-15(13-17)19-14-16(10-12-22-19)18-9-4-5-11-21-18/h4-14H,1-3H3. The van der Waals surface area contributed by atoms with Gasteiger partial charge in [-0.05, 0) is 41.3 Å². The van der Waals surface area contributed by atoms with E-state index in [9.17, 15) is 0 Å². The van der Waals surface area contributed by atoms with Crippen LogP contribution in [0.3, 0.4) is 0 Å². The lowest BCUT2D eigenvalue weighted by Gasteiger charge is -2.19. The van der Waals surface area contributed by atoms with E-state index < -0.39 is 0 Å². The average molecular weight is 288 g/mol. The van der Waals surface area contributed by atoms with E-state index in [1.165, 1.54) is 5.56 Å². The number of hydrogen-bond donors (Lipinski definition) is 0. The quantitative estimate of drug-likeness (QED) is 0.655. The van der Waals surface area contributed by atoms with Crippen LogP contribution in [0.25, 0.3) is 22.5 Å². The summed E-state index contributed by atoms with van der Waals surface area (Å²) in [4.78, 5) is 8.94. The van der Waals surface area contributed by atoms with Crippen LogP contribution < -0.4 is 0 Å². The molecule has 0 saturated heterocycles. The number of nitrogens with zero attached hydrogens (tertiary/aromatic N) is 2. The number of aromatic nitrogens is 2. The van der Waals surface area contributed by atoms with Gasteiger partial charge in [-0.2, -0.15) is 0 Å². The maximum absolute atomic E-state index is 4.53. The topological polar surface area (TPSA) is 25.8 Å². The van der Waals surface area contributed by atoms with Crippen LogP contribution in [0.5, 0.6) is 0 Å². The van der Waals surface area contributed by atoms with Crippen LogP contribution in [-0.4, -0.2) is 9.97 Å². The van der Waals surface area contributed by atoms with Gasteiger partial charge in [0, 0.05) is 23.5 Å². The van der Waals surface area contributed by atoms with Crippen molar-refractivity contribution in [1.82, 2.24) is 9.97 Å². The van der Waals surface area contributed by atoms with Crippen molar-refractivity contribution in [3.8, 4) is 22.5 Å². The molecule has 3 aromatic rings. The first kappa shape index (κ1) is 14.5. The zero-order valence-electron chi connectivity index (χ0n) is 13.2. The van der Waals surface area contributed by atoms with Crippen molar-refractivity contribution in [2.75, 3.05) is 0 Å². The van der Waals surface area contributed by atoms with Crippen LogP contribution >= 0.6 is 0 Å². The van der Waals surface area contributed by atoms with Crippen LogP contribution in [0.2, 0.25) is 0 Å². The molecule has 2 nitrogen and oxygen atoms in total. The highest BCUT2D eigenvalue weighted by atomic mass is 14.7. The third kappa shape index (κ3) is 3.06. The first-order chi connectivity index (χ1) is 10.5. The molecule has 0 aliphatic heterocycles. The molecule has 0 aliphatic carbocycles. The monoisotopic (exact) mass is 288 g/mol. The third-order valence-electron chi connectivity index (χ3n) is 3.74. The summed E-state index contributed by atoms with van der Waals surface area (Å²) in [7, 11) is 0. The molecular formula is C20H20N2. The van der Waals surface area contributed by atoms with Crippen molar-refractivity contribution in [1.29, 1.82) is 0 Å². The molecule has 0 amide bonds. The van der Waals surface area contributed by atoms with Gasteiger partial charge in [0.05, 0.1) is 11.4 Å². The SMILES string of the molecule is CC(C)(C)c1cccc(-c2cc(-c3ccccn3)ccn2)c1. The highest BCUT2D eigenvalue weighted by Crippen LogP contribution is 2.28. The summed E-state index contributed by atoms with van der Waals surface area (Å²) >= 11 is 0. The fourth-order valence-corrected chi connectivity index (χ4v) is 2.43. The second kappa shape index (κ2) is 5.72. The molecule has 110 valence electrons. The average Bonchev–Trinajstić information content (AvgIpc) is 2.55. The normalized spacial score (nSPS) is 11.4. The molecule has 0 bridgehead atoms. The van der Waals surface area contributed by atoms with Crippen LogP contribution in [0.4, 0.5) is 0 Å². The van der Waals surface area contributed by atoms with Crippen LogP contribution in [0.1, 0.15) is 26.3 Å². The van der Waals surface area contributed by atoms with Gasteiger partial charge < -0.3 is 0 Å². The van der Waals surface area contributed by atoms with Gasteiger partial charge in [-0.15, -0.1) is 0 Å². The minimum Gasteiger partial charge on any atom is -0.256 e. The lowest BCUT2D eigenvalue weighted by atomic mass is 9.86. The molecule has 0 atom stereocenters. The Morgan fingerprint density at radius 2 is 1.45 bits per heavy atom. The van der Waals surface area contributed by atoms with E-state index in [1.54, 1.807) is 0 Å². The van der Waals surface area contributed by atoms with Gasteiger partial charge in [0.2, 0.25) is 0 Å². The molecule has 0 radical (unpaired) electrons. The molecule has 22 heavy (non-hydrogen) atoms. The highest BCUT2D eigenvalue weighted by molar-refractivity contribution is 5.68. The number of rotatable bonds is 2. The number of hydrogen-bond acceptors (Lipinski definition) is 2. The zero-order chi connectivity index (χ0) is 15.6. The largest absolute Gasteiger partial charge is 0.256 e. The van der Waals surface area contributed by atoms with E-state index >= 15 is 0 Å². The smallest absolute Gasteiger partial charge is 0.0708 e. The fraction of sp³-hybridized carbons (Fsp3) is 0.200. The van der Waals surface area contributed by atoms with Crippen molar-refractivity contribution in [3.63, 3.8) is 0 Å². The summed E-state index contributed by atoms with van der Waals surface area (Å²) in [5.41, 5.74) is 5.63. The Morgan fingerprint density at radius 1 is 0.682 bits per heavy atom. The molecule has 0 unspecified atom stereocenters. The van der Waals surface area contributed by atoms with E-state index in [2.05, 4.69) is 61.1 Å². The van der Waals surface area contributed by atoms with Gasteiger partial charge in [0.15, 0.2) is 0 Å². The summed E-state index contributed by atoms with van der Waals surface area (Å²) in [5.74, 6) is 0. The van der Waals surface area contributed by atoms with E-state index in [1.807, 2.05) is 36.7 Å². The summed E-state index contributed by atoms with van der Waals surface area (Å²) in [5, 5.41) is 0. The van der Waals surface area contributed by atoms with Gasteiger partial charge in [-0.1, -0.05) is 45.0 Å². The number of pyridine rings is 2. The van der Waals surface area contributed by atoms with Crippen molar-refractivity contribution < 1.29 is 0 Å². The number of benzene rings is 1. The van der Waals surface area contributed by atoms with E-state index in [0.29, 0.717) is 0 Å². The second-order valence-electron chi connectivity index (χ2n) is 6.48. The molecule has 2 heteroatoms. The molecule has 3 rings (SSSR count). The van der Waals surface area contributed by atoms with E-state index in [0.717, 1.165) is 22.5 Å². The van der Waals surface area contributed by atoms with Crippen LogP contribution in [-0.2, 0) is 5.41 Å². The molecule has 0 aliphatic rings. The predicted molar refractivity (Wildman–Crippen MR) is 91.6 cm³/mol. The highest BCUT2D eigenvalue weighted by Gasteiger charge is 2.14. The molecule has 0 N–H and O–H groups in total. The summed E-state index contributed by atoms with van der Waals surface area (Å²) in [6, 6.07) is 18.7. The predicted octanol–water partition coefficient (Wildman–Crippen LogP) is 5.11. The van der Waals surface area contributed by atoms with Gasteiger partial charge in [0.1, 0.15) is 0 Å². The van der Waals surface area contributed by atoms with Gasteiger partial charge in [-0.25, -0.2) is 0 Å². The zero-order valence-corrected chi connectivity index (χ0v) is 13.2. The Hall–Kier alpha value is -2.48. The van der Waals surface area contributed by atoms with E-state index in [-0.39, 0.29) is 5.41 Å². The first-order valence-electron chi connectivity index (χ1n) is 7.52. The second-order valence-corrected chi connectivity index (χ2v) is 6.48. The van der Waals surface area contributed by atoms with Crippen molar-refractivity contribution in [3.05, 3.63) is 72.6 Å². The Bertz CT molecular complexity index is 771. The van der Waals surface area contributed by atoms with Crippen LogP contribution in [0, 0.1) is 0 Å². The first-order valence-corrected chi connectivity index (χ1v) is 7.52. The Kier molecular flexibility index (Phi) is 3.76. The fourth-order valence-electron chi connectivity index (χ4n) is 2.43. The van der Waals surface area contributed by atoms with Crippen molar-refractivity contribution in [2.45, 2.75) is 26.2 Å². The molecular weight excluding hydrogens is 268 g/mol. The molecule has 0 fully saturated rings. The van der Waals surface area contributed by atoms with Gasteiger partial charge in [-0.3, -0.25) is 9.97 Å². The van der Waals surface area contributed by atoms with Crippen molar-refractivity contribution >= 4 is 0 Å². The Balaban J connectivity index is 2.03. The molecule has 2 heterocycles. The van der Waals surface area contributed by atoms with E-state index in [4.69, 9.17) is 0 Å². The molecule has 0 spiro atoms. The lowest BCUT2D eigenvalue weighted by molar-refractivity contribution is 0.590. The van der Waals surface area contributed by atoms with Crippen LogP contribution in [0.15, 0.2) is 67.0 Å². The Morgan fingerprint density at radius 3 is 2.18 bits per heavy atom. The minimum atomic E-state index is 0.134. The summed E-state index contributed by atoms with van der Waals surface area (Å²) in [6.07, 6.45) is 3.67. The Labute approximate surface area is 131 Å².